The minimum Gasteiger partial charge on any atom is -0.497 e. The van der Waals surface area contributed by atoms with E-state index in [-0.39, 0.29) is 29.7 Å². The molecule has 0 fully saturated rings. The van der Waals surface area contributed by atoms with Gasteiger partial charge in [-0.15, -0.1) is 0 Å². The normalized spacial score (nSPS) is 11.4. The van der Waals surface area contributed by atoms with Gasteiger partial charge in [0, 0.05) is 24.4 Å². The van der Waals surface area contributed by atoms with E-state index in [1.54, 1.807) is 18.8 Å². The molecule has 1 N–H and O–H groups in total. The highest BCUT2D eigenvalue weighted by Gasteiger charge is 2.22. The van der Waals surface area contributed by atoms with Gasteiger partial charge in [-0.25, -0.2) is 4.68 Å². The largest absolute Gasteiger partial charge is 0.497 e. The van der Waals surface area contributed by atoms with E-state index < -0.39 is 0 Å². The zero-order valence-electron chi connectivity index (χ0n) is 17.7. The van der Waals surface area contributed by atoms with Crippen LogP contribution in [0.1, 0.15) is 40.3 Å². The van der Waals surface area contributed by atoms with Crippen molar-refractivity contribution in [3.8, 4) is 11.4 Å². The van der Waals surface area contributed by atoms with Crippen molar-refractivity contribution in [2.45, 2.75) is 40.0 Å². The van der Waals surface area contributed by atoms with Crippen molar-refractivity contribution >= 4 is 17.6 Å². The predicted molar refractivity (Wildman–Crippen MR) is 110 cm³/mol. The summed E-state index contributed by atoms with van der Waals surface area (Å²) < 4.78 is 6.90. The SMILES string of the molecule is COc1ccc(-n2nc(C(C)(C)C)cc2NC(=O)CN(C)C(=O)C(C)C)cc1. The van der Waals surface area contributed by atoms with E-state index in [1.807, 2.05) is 44.2 Å². The molecule has 0 spiro atoms. The number of nitrogens with one attached hydrogen (secondary N) is 1. The average molecular weight is 386 g/mol. The van der Waals surface area contributed by atoms with Gasteiger partial charge in [-0.3, -0.25) is 9.59 Å². The third-order valence-electron chi connectivity index (χ3n) is 4.31. The molecule has 2 rings (SSSR count). The first-order valence-electron chi connectivity index (χ1n) is 9.32. The molecule has 1 aromatic carbocycles. The highest BCUT2D eigenvalue weighted by molar-refractivity contribution is 5.94. The summed E-state index contributed by atoms with van der Waals surface area (Å²) in [5.74, 6) is 0.799. The Morgan fingerprint density at radius 2 is 1.82 bits per heavy atom. The maximum absolute atomic E-state index is 12.5. The Balaban J connectivity index is 2.30. The Labute approximate surface area is 166 Å². The first-order chi connectivity index (χ1) is 13.0. The molecule has 0 aliphatic rings. The van der Waals surface area contributed by atoms with Gasteiger partial charge in [0.25, 0.3) is 0 Å². The van der Waals surface area contributed by atoms with E-state index in [2.05, 4.69) is 31.2 Å². The quantitative estimate of drug-likeness (QED) is 0.827. The lowest BCUT2D eigenvalue weighted by molar-refractivity contribution is -0.136. The van der Waals surface area contributed by atoms with Crippen molar-refractivity contribution in [1.29, 1.82) is 0 Å². The summed E-state index contributed by atoms with van der Waals surface area (Å²) in [4.78, 5) is 26.0. The van der Waals surface area contributed by atoms with Gasteiger partial charge in [0.2, 0.25) is 11.8 Å². The zero-order chi connectivity index (χ0) is 21.1. The Morgan fingerprint density at radius 3 is 2.32 bits per heavy atom. The van der Waals surface area contributed by atoms with Crippen LogP contribution in [-0.2, 0) is 15.0 Å². The minimum atomic E-state index is -0.272. The Kier molecular flexibility index (Phi) is 6.48. The van der Waals surface area contributed by atoms with Crippen LogP contribution in [0.5, 0.6) is 5.75 Å². The number of benzene rings is 1. The summed E-state index contributed by atoms with van der Waals surface area (Å²) in [6, 6.07) is 9.31. The number of rotatable bonds is 6. The Morgan fingerprint density at radius 1 is 1.21 bits per heavy atom. The number of ether oxygens (including phenoxy) is 1. The third kappa shape index (κ3) is 5.12. The van der Waals surface area contributed by atoms with Crippen LogP contribution in [0.15, 0.2) is 30.3 Å². The van der Waals surface area contributed by atoms with Crippen molar-refractivity contribution in [1.82, 2.24) is 14.7 Å². The van der Waals surface area contributed by atoms with Crippen molar-refractivity contribution < 1.29 is 14.3 Å². The first kappa shape index (κ1) is 21.5. The molecule has 2 amide bonds. The van der Waals surface area contributed by atoms with Crippen molar-refractivity contribution in [3.05, 3.63) is 36.0 Å². The minimum absolute atomic E-state index is 0.0182. The summed E-state index contributed by atoms with van der Waals surface area (Å²) >= 11 is 0. The fourth-order valence-electron chi connectivity index (χ4n) is 2.67. The molecular weight excluding hydrogens is 356 g/mol. The molecule has 0 aliphatic heterocycles. The molecule has 0 radical (unpaired) electrons. The molecule has 0 bridgehead atoms. The third-order valence-corrected chi connectivity index (χ3v) is 4.31. The Bertz CT molecular complexity index is 832. The van der Waals surface area contributed by atoms with Crippen LogP contribution >= 0.6 is 0 Å². The second-order valence-electron chi connectivity index (χ2n) is 8.17. The van der Waals surface area contributed by atoms with E-state index in [4.69, 9.17) is 4.74 Å². The molecule has 0 saturated heterocycles. The number of likely N-dealkylation sites (N-methyl/N-ethyl adjacent to an activating group) is 1. The van der Waals surface area contributed by atoms with Crippen molar-refractivity contribution in [2.24, 2.45) is 5.92 Å². The number of carbonyl (C=O) groups is 2. The smallest absolute Gasteiger partial charge is 0.245 e. The van der Waals surface area contributed by atoms with Crippen LogP contribution < -0.4 is 10.1 Å². The predicted octanol–water partition coefficient (Wildman–Crippen LogP) is 3.23. The highest BCUT2D eigenvalue weighted by Crippen LogP contribution is 2.27. The monoisotopic (exact) mass is 386 g/mol. The molecule has 1 aromatic heterocycles. The molecule has 0 aliphatic carbocycles. The molecule has 28 heavy (non-hydrogen) atoms. The molecule has 2 aromatic rings. The maximum atomic E-state index is 12.5. The second-order valence-corrected chi connectivity index (χ2v) is 8.17. The summed E-state index contributed by atoms with van der Waals surface area (Å²) in [5.41, 5.74) is 1.48. The van der Waals surface area contributed by atoms with Gasteiger partial charge in [0.05, 0.1) is 25.0 Å². The summed E-state index contributed by atoms with van der Waals surface area (Å²) in [6.07, 6.45) is 0. The van der Waals surface area contributed by atoms with E-state index in [9.17, 15) is 9.59 Å². The van der Waals surface area contributed by atoms with Crippen LogP contribution in [0.4, 0.5) is 5.82 Å². The van der Waals surface area contributed by atoms with Gasteiger partial charge < -0.3 is 15.0 Å². The zero-order valence-corrected chi connectivity index (χ0v) is 17.7. The summed E-state index contributed by atoms with van der Waals surface area (Å²) in [5, 5.41) is 7.57. The lowest BCUT2D eigenvalue weighted by Gasteiger charge is -2.19. The van der Waals surface area contributed by atoms with Gasteiger partial charge in [0.15, 0.2) is 0 Å². The standard InChI is InChI=1S/C21H30N4O3/c1-14(2)20(27)24(6)13-19(26)22-18-12-17(21(3,4)5)23-25(18)15-8-10-16(28-7)11-9-15/h8-12,14H,13H2,1-7H3,(H,22,26). The fraction of sp³-hybridized carbons (Fsp3) is 0.476. The van der Waals surface area contributed by atoms with Crippen LogP contribution in [0.2, 0.25) is 0 Å². The van der Waals surface area contributed by atoms with Gasteiger partial charge in [-0.05, 0) is 24.3 Å². The number of methoxy groups -OCH3 is 1. The van der Waals surface area contributed by atoms with E-state index in [0.717, 1.165) is 17.1 Å². The summed E-state index contributed by atoms with van der Waals surface area (Å²) in [6.45, 7) is 9.79. The van der Waals surface area contributed by atoms with Crippen LogP contribution in [0.25, 0.3) is 5.69 Å². The molecule has 0 atom stereocenters. The van der Waals surface area contributed by atoms with E-state index >= 15 is 0 Å². The topological polar surface area (TPSA) is 76.5 Å². The number of hydrogen-bond donors (Lipinski definition) is 1. The van der Waals surface area contributed by atoms with E-state index in [0.29, 0.717) is 5.82 Å². The second kappa shape index (κ2) is 8.46. The van der Waals surface area contributed by atoms with Crippen molar-refractivity contribution in [2.75, 3.05) is 26.0 Å². The average Bonchev–Trinajstić information content (AvgIpc) is 3.04. The molecule has 0 unspecified atom stereocenters. The molecular formula is C21H30N4O3. The maximum Gasteiger partial charge on any atom is 0.245 e. The number of nitrogens with zero attached hydrogens (tertiary/aromatic N) is 3. The fourth-order valence-corrected chi connectivity index (χ4v) is 2.67. The van der Waals surface area contributed by atoms with E-state index in [1.165, 1.54) is 4.90 Å². The number of anilines is 1. The number of amides is 2. The molecule has 7 nitrogen and oxygen atoms in total. The number of carbonyl (C=O) groups excluding carboxylic acids is 2. The molecule has 1 heterocycles. The van der Waals surface area contributed by atoms with Gasteiger partial charge in [-0.1, -0.05) is 34.6 Å². The Hall–Kier alpha value is -2.83. The van der Waals surface area contributed by atoms with Gasteiger partial charge >= 0.3 is 0 Å². The van der Waals surface area contributed by atoms with Crippen LogP contribution in [0.3, 0.4) is 0 Å². The van der Waals surface area contributed by atoms with Crippen molar-refractivity contribution in [3.63, 3.8) is 0 Å². The van der Waals surface area contributed by atoms with Gasteiger partial charge in [-0.2, -0.15) is 5.10 Å². The highest BCUT2D eigenvalue weighted by atomic mass is 16.5. The lowest BCUT2D eigenvalue weighted by atomic mass is 9.92. The summed E-state index contributed by atoms with van der Waals surface area (Å²) in [7, 11) is 3.24. The molecule has 7 heteroatoms. The van der Waals surface area contributed by atoms with Crippen LogP contribution in [0, 0.1) is 5.92 Å². The lowest BCUT2D eigenvalue weighted by Crippen LogP contribution is -2.37. The first-order valence-corrected chi connectivity index (χ1v) is 9.32. The van der Waals surface area contributed by atoms with Crippen LogP contribution in [-0.4, -0.2) is 47.2 Å². The number of aromatic nitrogens is 2. The molecule has 152 valence electrons. The molecule has 0 saturated carbocycles. The number of hydrogen-bond acceptors (Lipinski definition) is 4. The van der Waals surface area contributed by atoms with Gasteiger partial charge in [0.1, 0.15) is 11.6 Å².